The maximum Gasteiger partial charge on any atom is 0.416 e. The molecule has 2 aromatic carbocycles. The van der Waals surface area contributed by atoms with Crippen molar-refractivity contribution < 1.29 is 32.2 Å². The lowest BCUT2D eigenvalue weighted by Gasteiger charge is -2.14. The molecule has 0 aliphatic heterocycles. The van der Waals surface area contributed by atoms with Gasteiger partial charge in [-0.3, -0.25) is 9.36 Å². The summed E-state index contributed by atoms with van der Waals surface area (Å²) in [7, 11) is 4.32. The first-order valence-electron chi connectivity index (χ1n) is 11.1. The lowest BCUT2D eigenvalue weighted by atomic mass is 10.1. The minimum Gasteiger partial charge on any atom is -0.493 e. The first-order chi connectivity index (χ1) is 17.2. The Morgan fingerprint density at radius 2 is 1.75 bits per heavy atom. The van der Waals surface area contributed by atoms with Crippen LogP contribution in [-0.4, -0.2) is 48.1 Å². The van der Waals surface area contributed by atoms with Crippen molar-refractivity contribution >= 4 is 5.91 Å². The fraction of sp³-hybridized carbons (Fsp3) is 0.375. The number of nitrogens with one attached hydrogen (secondary N) is 1. The van der Waals surface area contributed by atoms with E-state index >= 15 is 0 Å². The molecule has 1 heterocycles. The molecule has 0 bridgehead atoms. The number of aromatic nitrogens is 3. The lowest BCUT2D eigenvalue weighted by Crippen LogP contribution is -2.32. The van der Waals surface area contributed by atoms with Gasteiger partial charge in [0.15, 0.2) is 17.3 Å². The largest absolute Gasteiger partial charge is 0.493 e. The molecule has 4 rings (SSSR count). The highest BCUT2D eigenvalue weighted by Gasteiger charge is 2.33. The van der Waals surface area contributed by atoms with E-state index in [9.17, 15) is 22.8 Å². The Labute approximate surface area is 204 Å². The number of hydrogen-bond donors (Lipinski definition) is 1. The molecule has 1 amide bonds. The molecule has 1 N–H and O–H groups in total. The van der Waals surface area contributed by atoms with Crippen molar-refractivity contribution in [1.29, 1.82) is 0 Å². The topological polar surface area (TPSA) is 96.6 Å². The summed E-state index contributed by atoms with van der Waals surface area (Å²) in [5.74, 6) is 0.696. The van der Waals surface area contributed by atoms with Crippen molar-refractivity contribution in [2.75, 3.05) is 27.9 Å². The van der Waals surface area contributed by atoms with E-state index in [-0.39, 0.29) is 36.1 Å². The van der Waals surface area contributed by atoms with Crippen molar-refractivity contribution in [1.82, 2.24) is 19.7 Å². The number of hydrogen-bond acceptors (Lipinski definition) is 6. The summed E-state index contributed by atoms with van der Waals surface area (Å²) in [5.41, 5.74) is -0.798. The van der Waals surface area contributed by atoms with Gasteiger partial charge in [0.2, 0.25) is 5.75 Å². The van der Waals surface area contributed by atoms with Crippen LogP contribution in [0.25, 0.3) is 11.4 Å². The average Bonchev–Trinajstić information content (AvgIpc) is 3.65. The van der Waals surface area contributed by atoms with Gasteiger partial charge >= 0.3 is 11.9 Å². The lowest BCUT2D eigenvalue weighted by molar-refractivity contribution is -0.137. The highest BCUT2D eigenvalue weighted by Crippen LogP contribution is 2.39. The molecule has 9 nitrogen and oxygen atoms in total. The van der Waals surface area contributed by atoms with Gasteiger partial charge in [0.05, 0.1) is 33.4 Å². The second kappa shape index (κ2) is 9.96. The van der Waals surface area contributed by atoms with Crippen LogP contribution in [0.15, 0.2) is 41.2 Å². The highest BCUT2D eigenvalue weighted by molar-refractivity contribution is 5.95. The van der Waals surface area contributed by atoms with E-state index in [2.05, 4.69) is 10.4 Å². The Bertz CT molecular complexity index is 1300. The van der Waals surface area contributed by atoms with Gasteiger partial charge in [0.25, 0.3) is 5.91 Å². The molecule has 0 radical (unpaired) electrons. The Morgan fingerprint density at radius 1 is 1.08 bits per heavy atom. The quantitative estimate of drug-likeness (QED) is 0.477. The third-order valence-electron chi connectivity index (χ3n) is 5.77. The zero-order chi connectivity index (χ0) is 26.0. The maximum atomic E-state index is 13.2. The number of halogens is 3. The molecule has 1 aliphatic carbocycles. The van der Waals surface area contributed by atoms with Gasteiger partial charge in [-0.15, -0.1) is 5.10 Å². The molecule has 0 atom stereocenters. The molecule has 12 heteroatoms. The summed E-state index contributed by atoms with van der Waals surface area (Å²) >= 11 is 0. The van der Waals surface area contributed by atoms with Crippen LogP contribution in [0, 0.1) is 0 Å². The van der Waals surface area contributed by atoms with Crippen LogP contribution in [-0.2, 0) is 12.7 Å². The second-order valence-corrected chi connectivity index (χ2v) is 8.18. The SMILES string of the molecule is COc1cc(C(=O)NCCn2nc(-c3cccc(C(F)(F)F)c3)n(C3CC3)c2=O)cc(OC)c1OC. The number of rotatable bonds is 9. The van der Waals surface area contributed by atoms with Gasteiger partial charge in [-0.2, -0.15) is 13.2 Å². The van der Waals surface area contributed by atoms with Crippen molar-refractivity contribution in [2.24, 2.45) is 0 Å². The first kappa shape index (κ1) is 25.1. The summed E-state index contributed by atoms with van der Waals surface area (Å²) in [6.45, 7) is 0.0831. The fourth-order valence-corrected chi connectivity index (χ4v) is 3.85. The smallest absolute Gasteiger partial charge is 0.416 e. The predicted molar refractivity (Wildman–Crippen MR) is 124 cm³/mol. The van der Waals surface area contributed by atoms with E-state index in [1.54, 1.807) is 0 Å². The number of amides is 1. The monoisotopic (exact) mass is 506 g/mol. The number of alkyl halides is 3. The Hall–Kier alpha value is -3.96. The number of carbonyl (C=O) groups excluding carboxylic acids is 1. The van der Waals surface area contributed by atoms with Gasteiger partial charge in [-0.1, -0.05) is 12.1 Å². The van der Waals surface area contributed by atoms with Gasteiger partial charge in [0, 0.05) is 23.7 Å². The van der Waals surface area contributed by atoms with Crippen LogP contribution in [0.3, 0.4) is 0 Å². The standard InChI is InChI=1S/C24H25F3N4O5/c1-34-18-12-15(13-19(35-2)20(18)36-3)22(32)28-9-10-30-23(33)31(17-7-8-17)21(29-30)14-5-4-6-16(11-14)24(25,26)27/h4-6,11-13,17H,7-10H2,1-3H3,(H,28,32). The van der Waals surface area contributed by atoms with Crippen LogP contribution in [0.4, 0.5) is 13.2 Å². The minimum atomic E-state index is -4.51. The van der Waals surface area contributed by atoms with E-state index < -0.39 is 23.3 Å². The van der Waals surface area contributed by atoms with E-state index in [4.69, 9.17) is 14.2 Å². The third kappa shape index (κ3) is 5.02. The Balaban J connectivity index is 1.54. The molecule has 1 fully saturated rings. The van der Waals surface area contributed by atoms with E-state index in [1.165, 1.54) is 50.2 Å². The molecule has 1 saturated carbocycles. The van der Waals surface area contributed by atoms with Crippen LogP contribution in [0.1, 0.15) is 34.8 Å². The second-order valence-electron chi connectivity index (χ2n) is 8.18. The predicted octanol–water partition coefficient (Wildman–Crippen LogP) is 3.52. The summed E-state index contributed by atoms with van der Waals surface area (Å²) in [5, 5.41) is 7.01. The van der Waals surface area contributed by atoms with E-state index in [0.717, 1.165) is 29.7 Å². The molecule has 192 valence electrons. The van der Waals surface area contributed by atoms with Gasteiger partial charge in [-0.05, 0) is 37.1 Å². The minimum absolute atomic E-state index is 0.0285. The van der Waals surface area contributed by atoms with Crippen molar-refractivity contribution in [2.45, 2.75) is 31.6 Å². The number of benzene rings is 2. The Morgan fingerprint density at radius 3 is 2.31 bits per heavy atom. The summed E-state index contributed by atoms with van der Waals surface area (Å²) in [6, 6.07) is 7.62. The van der Waals surface area contributed by atoms with Crippen LogP contribution >= 0.6 is 0 Å². The fourth-order valence-electron chi connectivity index (χ4n) is 3.85. The zero-order valence-electron chi connectivity index (χ0n) is 19.9. The molecule has 0 spiro atoms. The number of carbonyl (C=O) groups is 1. The third-order valence-corrected chi connectivity index (χ3v) is 5.77. The average molecular weight is 506 g/mol. The summed E-state index contributed by atoms with van der Waals surface area (Å²) < 4.78 is 58.0. The van der Waals surface area contributed by atoms with E-state index in [0.29, 0.717) is 17.2 Å². The van der Waals surface area contributed by atoms with Crippen molar-refractivity contribution in [3.05, 3.63) is 58.0 Å². The molecule has 3 aromatic rings. The highest BCUT2D eigenvalue weighted by atomic mass is 19.4. The molecule has 1 aliphatic rings. The van der Waals surface area contributed by atoms with Crippen LogP contribution < -0.4 is 25.2 Å². The van der Waals surface area contributed by atoms with Gasteiger partial charge in [0.1, 0.15) is 0 Å². The number of methoxy groups -OCH3 is 3. The van der Waals surface area contributed by atoms with Crippen molar-refractivity contribution in [3.8, 4) is 28.6 Å². The van der Waals surface area contributed by atoms with Crippen LogP contribution in [0.5, 0.6) is 17.2 Å². The molecule has 1 aromatic heterocycles. The molecule has 36 heavy (non-hydrogen) atoms. The Kier molecular flexibility index (Phi) is 6.95. The molecule has 0 saturated heterocycles. The van der Waals surface area contributed by atoms with Crippen LogP contribution in [0.2, 0.25) is 0 Å². The zero-order valence-corrected chi connectivity index (χ0v) is 19.9. The normalized spacial score (nSPS) is 13.4. The maximum absolute atomic E-state index is 13.2. The van der Waals surface area contributed by atoms with E-state index in [1.807, 2.05) is 0 Å². The van der Waals surface area contributed by atoms with Gasteiger partial charge < -0.3 is 19.5 Å². The summed E-state index contributed by atoms with van der Waals surface area (Å²) in [4.78, 5) is 25.7. The number of nitrogens with zero attached hydrogens (tertiary/aromatic N) is 3. The molecular formula is C24H25F3N4O5. The molecule has 0 unspecified atom stereocenters. The first-order valence-corrected chi connectivity index (χ1v) is 11.1. The molecular weight excluding hydrogens is 481 g/mol. The van der Waals surface area contributed by atoms with Gasteiger partial charge in [-0.25, -0.2) is 9.48 Å². The van der Waals surface area contributed by atoms with Crippen molar-refractivity contribution in [3.63, 3.8) is 0 Å². The summed E-state index contributed by atoms with van der Waals surface area (Å²) in [6.07, 6.45) is -3.02. The number of ether oxygens (including phenoxy) is 3.